The largest absolute Gasteiger partial charge is 0.345 e. The molecule has 0 saturated heterocycles. The summed E-state index contributed by atoms with van der Waals surface area (Å²) in [5.41, 5.74) is 0.921. The molecule has 0 aromatic carbocycles. The predicted molar refractivity (Wildman–Crippen MR) is 70.0 cm³/mol. The molecule has 0 N–H and O–H groups in total. The number of aromatic nitrogens is 2. The predicted octanol–water partition coefficient (Wildman–Crippen LogP) is 1.64. The second-order valence-electron chi connectivity index (χ2n) is 3.80. The number of carbonyl (C=O) groups is 1. The van der Waals surface area contributed by atoms with Gasteiger partial charge >= 0.3 is 0 Å². The maximum atomic E-state index is 11.7. The maximum absolute atomic E-state index is 11.7. The van der Waals surface area contributed by atoms with Crippen LogP contribution >= 0.6 is 11.8 Å². The summed E-state index contributed by atoms with van der Waals surface area (Å²) in [7, 11) is 1.72. The Labute approximate surface area is 111 Å². The van der Waals surface area contributed by atoms with Crippen LogP contribution in [0.25, 0.3) is 0 Å². The van der Waals surface area contributed by atoms with Crippen LogP contribution in [0.2, 0.25) is 0 Å². The van der Waals surface area contributed by atoms with Gasteiger partial charge in [0, 0.05) is 37.7 Å². The number of thioether (sulfide) groups is 1. The Bertz CT molecular complexity index is 444. The standard InChI is InChI=1S/C12H16N4OS/c1-10-4-7-14-12(15-10)18-9-5-11(17)16(2)8-3-6-13/h4,7H,3,5,8-9H2,1-2H3. The molecule has 96 valence electrons. The Morgan fingerprint density at radius 1 is 1.61 bits per heavy atom. The van der Waals surface area contributed by atoms with Crippen LogP contribution in [0.4, 0.5) is 0 Å². The van der Waals surface area contributed by atoms with E-state index in [0.717, 1.165) is 5.69 Å². The lowest BCUT2D eigenvalue weighted by Gasteiger charge is -2.14. The third kappa shape index (κ3) is 5.15. The number of amides is 1. The van der Waals surface area contributed by atoms with Crippen LogP contribution in [0.3, 0.4) is 0 Å². The van der Waals surface area contributed by atoms with Crippen LogP contribution in [0.5, 0.6) is 0 Å². The summed E-state index contributed by atoms with van der Waals surface area (Å²) in [6.45, 7) is 2.40. The van der Waals surface area contributed by atoms with Gasteiger partial charge in [-0.05, 0) is 13.0 Å². The zero-order valence-electron chi connectivity index (χ0n) is 10.6. The molecular weight excluding hydrogens is 248 g/mol. The number of hydrogen-bond donors (Lipinski definition) is 0. The Kier molecular flexibility index (Phi) is 6.15. The Balaban J connectivity index is 2.29. The van der Waals surface area contributed by atoms with Crippen LogP contribution in [0.1, 0.15) is 18.5 Å². The van der Waals surface area contributed by atoms with Gasteiger partial charge in [0.1, 0.15) is 0 Å². The molecule has 5 nitrogen and oxygen atoms in total. The molecule has 1 aromatic heterocycles. The van der Waals surface area contributed by atoms with Crippen molar-refractivity contribution in [3.8, 4) is 6.07 Å². The minimum Gasteiger partial charge on any atom is -0.345 e. The summed E-state index contributed by atoms with van der Waals surface area (Å²) < 4.78 is 0. The van der Waals surface area contributed by atoms with E-state index in [1.807, 2.05) is 19.1 Å². The van der Waals surface area contributed by atoms with Crippen molar-refractivity contribution in [1.29, 1.82) is 5.26 Å². The van der Waals surface area contributed by atoms with Crippen LogP contribution in [0, 0.1) is 18.3 Å². The molecule has 0 aliphatic rings. The smallest absolute Gasteiger partial charge is 0.223 e. The first-order valence-corrected chi connectivity index (χ1v) is 6.65. The normalized spacial score (nSPS) is 9.83. The van der Waals surface area contributed by atoms with E-state index in [1.165, 1.54) is 11.8 Å². The lowest BCUT2D eigenvalue weighted by Crippen LogP contribution is -2.27. The molecule has 18 heavy (non-hydrogen) atoms. The minimum atomic E-state index is 0.0467. The van der Waals surface area contributed by atoms with Crippen molar-refractivity contribution in [3.05, 3.63) is 18.0 Å². The molecule has 0 fully saturated rings. The molecule has 0 radical (unpaired) electrons. The van der Waals surface area contributed by atoms with Crippen LogP contribution in [0.15, 0.2) is 17.4 Å². The van der Waals surface area contributed by atoms with Gasteiger partial charge in [-0.2, -0.15) is 5.26 Å². The molecule has 0 spiro atoms. The lowest BCUT2D eigenvalue weighted by atomic mass is 10.3. The fraction of sp³-hybridized carbons (Fsp3) is 0.500. The minimum absolute atomic E-state index is 0.0467. The highest BCUT2D eigenvalue weighted by Crippen LogP contribution is 2.13. The van der Waals surface area contributed by atoms with Crippen molar-refractivity contribution in [2.45, 2.75) is 24.9 Å². The van der Waals surface area contributed by atoms with E-state index >= 15 is 0 Å². The van der Waals surface area contributed by atoms with Gasteiger partial charge in [0.25, 0.3) is 0 Å². The topological polar surface area (TPSA) is 69.9 Å². The van der Waals surface area contributed by atoms with E-state index in [-0.39, 0.29) is 5.91 Å². The highest BCUT2D eigenvalue weighted by atomic mass is 32.2. The molecule has 0 unspecified atom stereocenters. The summed E-state index contributed by atoms with van der Waals surface area (Å²) in [5, 5.41) is 9.14. The third-order valence-electron chi connectivity index (χ3n) is 2.30. The monoisotopic (exact) mass is 264 g/mol. The first-order chi connectivity index (χ1) is 8.63. The highest BCUT2D eigenvalue weighted by Gasteiger charge is 2.08. The fourth-order valence-corrected chi connectivity index (χ4v) is 2.06. The number of rotatable bonds is 6. The Morgan fingerprint density at radius 2 is 2.39 bits per heavy atom. The molecule has 0 aliphatic carbocycles. The van der Waals surface area contributed by atoms with E-state index in [0.29, 0.717) is 30.3 Å². The van der Waals surface area contributed by atoms with Crippen LogP contribution in [-0.2, 0) is 4.79 Å². The van der Waals surface area contributed by atoms with Gasteiger partial charge in [0.05, 0.1) is 12.5 Å². The average molecular weight is 264 g/mol. The molecular formula is C12H16N4OS. The van der Waals surface area contributed by atoms with Crippen molar-refractivity contribution < 1.29 is 4.79 Å². The number of nitriles is 1. The SMILES string of the molecule is Cc1ccnc(SCCC(=O)N(C)CCC#N)n1. The molecule has 0 saturated carbocycles. The quantitative estimate of drug-likeness (QED) is 0.577. The van der Waals surface area contributed by atoms with E-state index in [9.17, 15) is 4.79 Å². The van der Waals surface area contributed by atoms with E-state index in [2.05, 4.69) is 9.97 Å². The molecule has 1 aromatic rings. The van der Waals surface area contributed by atoms with E-state index in [1.54, 1.807) is 18.1 Å². The molecule has 0 atom stereocenters. The number of nitrogens with zero attached hydrogens (tertiary/aromatic N) is 4. The first kappa shape index (κ1) is 14.5. The third-order valence-corrected chi connectivity index (χ3v) is 3.17. The molecule has 1 rings (SSSR count). The number of aryl methyl sites for hydroxylation is 1. The summed E-state index contributed by atoms with van der Waals surface area (Å²) in [4.78, 5) is 21.6. The number of carbonyl (C=O) groups excluding carboxylic acids is 1. The van der Waals surface area contributed by atoms with Gasteiger partial charge < -0.3 is 4.90 Å². The number of hydrogen-bond acceptors (Lipinski definition) is 5. The maximum Gasteiger partial charge on any atom is 0.223 e. The van der Waals surface area contributed by atoms with Gasteiger partial charge in [-0.15, -0.1) is 0 Å². The summed E-state index contributed by atoms with van der Waals surface area (Å²) in [5.74, 6) is 0.699. The van der Waals surface area contributed by atoms with Gasteiger partial charge in [-0.3, -0.25) is 4.79 Å². The molecule has 1 heterocycles. The van der Waals surface area contributed by atoms with E-state index in [4.69, 9.17) is 5.26 Å². The van der Waals surface area contributed by atoms with Crippen molar-refractivity contribution >= 4 is 17.7 Å². The van der Waals surface area contributed by atoms with Gasteiger partial charge in [-0.1, -0.05) is 11.8 Å². The molecule has 1 amide bonds. The summed E-state index contributed by atoms with van der Waals surface area (Å²) in [6, 6.07) is 3.86. The zero-order valence-corrected chi connectivity index (χ0v) is 11.4. The lowest BCUT2D eigenvalue weighted by molar-refractivity contribution is -0.129. The second kappa shape index (κ2) is 7.67. The summed E-state index contributed by atoms with van der Waals surface area (Å²) >= 11 is 1.47. The van der Waals surface area contributed by atoms with Gasteiger partial charge in [-0.25, -0.2) is 9.97 Å². The van der Waals surface area contributed by atoms with Crippen molar-refractivity contribution in [3.63, 3.8) is 0 Å². The molecule has 0 aliphatic heterocycles. The highest BCUT2D eigenvalue weighted by molar-refractivity contribution is 7.99. The Hall–Kier alpha value is -1.61. The van der Waals surface area contributed by atoms with Crippen molar-refractivity contribution in [2.24, 2.45) is 0 Å². The van der Waals surface area contributed by atoms with Crippen molar-refractivity contribution in [1.82, 2.24) is 14.9 Å². The Morgan fingerprint density at radius 3 is 3.06 bits per heavy atom. The van der Waals surface area contributed by atoms with Crippen LogP contribution < -0.4 is 0 Å². The van der Waals surface area contributed by atoms with Gasteiger partial charge in [0.15, 0.2) is 5.16 Å². The van der Waals surface area contributed by atoms with Crippen molar-refractivity contribution in [2.75, 3.05) is 19.3 Å². The van der Waals surface area contributed by atoms with E-state index < -0.39 is 0 Å². The average Bonchev–Trinajstić information content (AvgIpc) is 2.35. The molecule has 6 heteroatoms. The van der Waals surface area contributed by atoms with Gasteiger partial charge in [0.2, 0.25) is 5.91 Å². The zero-order chi connectivity index (χ0) is 13.4. The fourth-order valence-electron chi connectivity index (χ4n) is 1.26. The van der Waals surface area contributed by atoms with Crippen LogP contribution in [-0.4, -0.2) is 40.1 Å². The summed E-state index contributed by atoms with van der Waals surface area (Å²) in [6.07, 6.45) is 2.52. The first-order valence-electron chi connectivity index (χ1n) is 5.67. The molecule has 0 bridgehead atoms. The second-order valence-corrected chi connectivity index (χ2v) is 4.86.